The molecule has 13 heavy (non-hydrogen) atoms. The second-order valence-corrected chi connectivity index (χ2v) is 4.81. The van der Waals surface area contributed by atoms with E-state index < -0.39 is 0 Å². The summed E-state index contributed by atoms with van der Waals surface area (Å²) in [6.45, 7) is 1.98. The Hall–Kier alpha value is -0.780. The molecule has 0 radical (unpaired) electrons. The molecule has 0 aliphatic heterocycles. The molecule has 2 rings (SSSR count). The quantitative estimate of drug-likeness (QED) is 0.826. The van der Waals surface area contributed by atoms with Crippen LogP contribution >= 0.6 is 22.9 Å². The molecule has 0 spiro atoms. The van der Waals surface area contributed by atoms with E-state index in [0.717, 1.165) is 14.8 Å². The van der Waals surface area contributed by atoms with Crippen LogP contribution in [0.2, 0.25) is 0 Å². The van der Waals surface area contributed by atoms with Crippen LogP contribution in [0.5, 0.6) is 0 Å². The topological polar surface area (TPSA) is 51.8 Å². The highest BCUT2D eigenvalue weighted by atomic mass is 32.1. The highest BCUT2D eigenvalue weighted by Gasteiger charge is 2.12. The predicted octanol–water partition coefficient (Wildman–Crippen LogP) is 1.96. The molecule has 2 aromatic heterocycles. The van der Waals surface area contributed by atoms with Crippen LogP contribution in [-0.4, -0.2) is 9.36 Å². The Labute approximate surface area is 84.4 Å². The van der Waals surface area contributed by atoms with E-state index >= 15 is 0 Å². The second-order valence-electron chi connectivity index (χ2n) is 2.67. The third-order valence-corrected chi connectivity index (χ3v) is 3.53. The average Bonchev–Trinajstić information content (AvgIpc) is 2.72. The molecule has 2 aromatic rings. The van der Waals surface area contributed by atoms with E-state index in [2.05, 4.69) is 9.36 Å². The number of hydrogen-bond donors (Lipinski definition) is 1. The third-order valence-electron chi connectivity index (χ3n) is 1.71. The van der Waals surface area contributed by atoms with Crippen molar-refractivity contribution < 1.29 is 0 Å². The standard InChI is InChI=1S/C8H9N3S2/c1-5-10-4-7(12-5)8(9)6-2-3-11-13-6/h2-4,8H,9H2,1H3. The number of nitrogens with zero attached hydrogens (tertiary/aromatic N) is 2. The maximum absolute atomic E-state index is 6.01. The first kappa shape index (κ1) is 8.80. The zero-order valence-corrected chi connectivity index (χ0v) is 8.73. The first-order valence-corrected chi connectivity index (χ1v) is 5.45. The Morgan fingerprint density at radius 2 is 2.31 bits per heavy atom. The fraction of sp³-hybridized carbons (Fsp3) is 0.250. The van der Waals surface area contributed by atoms with Crippen molar-refractivity contribution in [2.24, 2.45) is 5.73 Å². The minimum Gasteiger partial charge on any atom is -0.319 e. The minimum absolute atomic E-state index is 0.0568. The van der Waals surface area contributed by atoms with Gasteiger partial charge in [0.25, 0.3) is 0 Å². The molecule has 0 aliphatic rings. The Kier molecular flexibility index (Phi) is 2.39. The molecular weight excluding hydrogens is 202 g/mol. The summed E-state index contributed by atoms with van der Waals surface area (Å²) >= 11 is 3.08. The largest absolute Gasteiger partial charge is 0.319 e. The molecule has 0 aromatic carbocycles. The van der Waals surface area contributed by atoms with Crippen molar-refractivity contribution in [2.75, 3.05) is 0 Å². The summed E-state index contributed by atoms with van der Waals surface area (Å²) in [6, 6.07) is 1.89. The van der Waals surface area contributed by atoms with Gasteiger partial charge < -0.3 is 5.73 Å². The highest BCUT2D eigenvalue weighted by Crippen LogP contribution is 2.26. The van der Waals surface area contributed by atoms with Crippen LogP contribution in [-0.2, 0) is 0 Å². The summed E-state index contributed by atoms with van der Waals surface area (Å²) in [5, 5.41) is 1.05. The number of aromatic nitrogens is 2. The van der Waals surface area contributed by atoms with Gasteiger partial charge >= 0.3 is 0 Å². The average molecular weight is 211 g/mol. The van der Waals surface area contributed by atoms with Gasteiger partial charge in [0, 0.05) is 22.1 Å². The first-order valence-electron chi connectivity index (χ1n) is 3.86. The van der Waals surface area contributed by atoms with Crippen LogP contribution in [0, 0.1) is 6.92 Å². The van der Waals surface area contributed by atoms with Gasteiger partial charge in [0.1, 0.15) is 0 Å². The lowest BCUT2D eigenvalue weighted by Gasteiger charge is -2.03. The summed E-state index contributed by atoms with van der Waals surface area (Å²) in [5.41, 5.74) is 6.01. The van der Waals surface area contributed by atoms with Gasteiger partial charge in [-0.3, -0.25) is 0 Å². The maximum atomic E-state index is 6.01. The lowest BCUT2D eigenvalue weighted by molar-refractivity contribution is 0.912. The smallest absolute Gasteiger partial charge is 0.0897 e. The maximum Gasteiger partial charge on any atom is 0.0897 e. The van der Waals surface area contributed by atoms with Gasteiger partial charge in [-0.25, -0.2) is 9.36 Å². The van der Waals surface area contributed by atoms with Gasteiger partial charge in [0.15, 0.2) is 0 Å². The second kappa shape index (κ2) is 3.53. The molecular formula is C8H9N3S2. The summed E-state index contributed by atoms with van der Waals surface area (Å²) in [4.78, 5) is 6.36. The van der Waals surface area contributed by atoms with Crippen LogP contribution < -0.4 is 5.73 Å². The molecule has 1 atom stereocenters. The normalized spacial score (nSPS) is 13.1. The summed E-state index contributed by atoms with van der Waals surface area (Å²) in [7, 11) is 0. The monoisotopic (exact) mass is 211 g/mol. The van der Waals surface area contributed by atoms with Gasteiger partial charge in [-0.05, 0) is 24.5 Å². The molecule has 2 heterocycles. The number of hydrogen-bond acceptors (Lipinski definition) is 5. The van der Waals surface area contributed by atoms with E-state index in [1.807, 2.05) is 19.2 Å². The van der Waals surface area contributed by atoms with Crippen LogP contribution in [0.3, 0.4) is 0 Å². The molecule has 68 valence electrons. The summed E-state index contributed by atoms with van der Waals surface area (Å²) in [6.07, 6.45) is 3.61. The van der Waals surface area contributed by atoms with Gasteiger partial charge in [-0.2, -0.15) is 0 Å². The van der Waals surface area contributed by atoms with Gasteiger partial charge in [-0.1, -0.05) is 0 Å². The van der Waals surface area contributed by atoms with Crippen molar-refractivity contribution in [1.29, 1.82) is 0 Å². The van der Waals surface area contributed by atoms with Gasteiger partial charge in [-0.15, -0.1) is 11.3 Å². The highest BCUT2D eigenvalue weighted by molar-refractivity contribution is 7.12. The van der Waals surface area contributed by atoms with Gasteiger partial charge in [0.2, 0.25) is 0 Å². The zero-order chi connectivity index (χ0) is 9.26. The van der Waals surface area contributed by atoms with Crippen molar-refractivity contribution in [2.45, 2.75) is 13.0 Å². The fourth-order valence-corrected chi connectivity index (χ4v) is 2.53. The Bertz CT molecular complexity index is 380. The molecule has 1 unspecified atom stereocenters. The Morgan fingerprint density at radius 3 is 2.85 bits per heavy atom. The van der Waals surface area contributed by atoms with Crippen molar-refractivity contribution in [3.05, 3.63) is 33.2 Å². The Morgan fingerprint density at radius 1 is 1.46 bits per heavy atom. The molecule has 2 N–H and O–H groups in total. The van der Waals surface area contributed by atoms with Crippen molar-refractivity contribution in [3.63, 3.8) is 0 Å². The van der Waals surface area contributed by atoms with Crippen molar-refractivity contribution >= 4 is 22.9 Å². The minimum atomic E-state index is -0.0568. The number of rotatable bonds is 2. The zero-order valence-electron chi connectivity index (χ0n) is 7.10. The first-order chi connectivity index (χ1) is 6.27. The number of thiazole rings is 1. The number of aryl methyl sites for hydroxylation is 1. The SMILES string of the molecule is Cc1ncc(C(N)c2ccns2)s1. The molecule has 0 saturated heterocycles. The van der Waals surface area contributed by atoms with Crippen LogP contribution in [0.15, 0.2) is 18.5 Å². The number of nitrogens with two attached hydrogens (primary N) is 1. The van der Waals surface area contributed by atoms with E-state index in [0.29, 0.717) is 0 Å². The van der Waals surface area contributed by atoms with E-state index in [9.17, 15) is 0 Å². The van der Waals surface area contributed by atoms with Crippen LogP contribution in [0.25, 0.3) is 0 Å². The molecule has 3 nitrogen and oxygen atoms in total. The van der Waals surface area contributed by atoms with Crippen LogP contribution in [0.1, 0.15) is 20.8 Å². The van der Waals surface area contributed by atoms with E-state index in [4.69, 9.17) is 5.73 Å². The van der Waals surface area contributed by atoms with E-state index in [-0.39, 0.29) is 6.04 Å². The molecule has 0 amide bonds. The molecule has 0 saturated carbocycles. The van der Waals surface area contributed by atoms with E-state index in [1.165, 1.54) is 11.5 Å². The van der Waals surface area contributed by atoms with E-state index in [1.54, 1.807) is 17.5 Å². The lowest BCUT2D eigenvalue weighted by atomic mass is 10.2. The summed E-state index contributed by atoms with van der Waals surface area (Å²) < 4.78 is 4.02. The van der Waals surface area contributed by atoms with Crippen molar-refractivity contribution in [1.82, 2.24) is 9.36 Å². The predicted molar refractivity (Wildman–Crippen MR) is 55.0 cm³/mol. The molecule has 0 aliphatic carbocycles. The summed E-state index contributed by atoms with van der Waals surface area (Å²) in [5.74, 6) is 0. The fourth-order valence-electron chi connectivity index (χ4n) is 1.05. The molecule has 5 heteroatoms. The lowest BCUT2D eigenvalue weighted by Crippen LogP contribution is -2.07. The molecule has 0 fully saturated rings. The van der Waals surface area contributed by atoms with Crippen LogP contribution in [0.4, 0.5) is 0 Å². The van der Waals surface area contributed by atoms with Gasteiger partial charge in [0.05, 0.1) is 11.0 Å². The molecule has 0 bridgehead atoms. The third kappa shape index (κ3) is 1.77. The Balaban J connectivity index is 2.28. The van der Waals surface area contributed by atoms with Crippen molar-refractivity contribution in [3.8, 4) is 0 Å².